The number of benzene rings is 2. The molecule has 0 radical (unpaired) electrons. The molecule has 1 aromatic heterocycles. The first kappa shape index (κ1) is 23.3. The Morgan fingerprint density at radius 3 is 2.85 bits per heavy atom. The fourth-order valence-corrected chi connectivity index (χ4v) is 4.11. The molecular weight excluding hydrogens is 460 g/mol. The molecule has 2 heterocycles. The minimum absolute atomic E-state index is 0.0849. The molecule has 0 aliphatic carbocycles. The lowest BCUT2D eigenvalue weighted by atomic mass is 10.2. The topological polar surface area (TPSA) is 69.7 Å². The van der Waals surface area contributed by atoms with Crippen molar-refractivity contribution in [3.05, 3.63) is 75.2 Å². The fraction of sp³-hybridized carbons (Fsp3) is 0.280. The van der Waals surface area contributed by atoms with Crippen LogP contribution in [0, 0.1) is 6.92 Å². The van der Waals surface area contributed by atoms with E-state index in [9.17, 15) is 4.79 Å². The summed E-state index contributed by atoms with van der Waals surface area (Å²) in [5.41, 5.74) is 2.32. The molecule has 1 aliphatic rings. The van der Waals surface area contributed by atoms with Crippen molar-refractivity contribution in [1.82, 2.24) is 4.98 Å². The van der Waals surface area contributed by atoms with E-state index in [0.29, 0.717) is 29.7 Å². The average Bonchev–Trinajstić information content (AvgIpc) is 3.48. The van der Waals surface area contributed by atoms with Crippen LogP contribution in [-0.2, 0) is 16.1 Å². The molecule has 1 fully saturated rings. The number of rotatable bonds is 9. The Bertz CT molecular complexity index is 1110. The van der Waals surface area contributed by atoms with Crippen LogP contribution < -0.4 is 14.8 Å². The number of nitrogens with zero attached hydrogens (tertiary/aromatic N) is 1. The van der Waals surface area contributed by atoms with Crippen LogP contribution in [0.15, 0.2) is 53.9 Å². The van der Waals surface area contributed by atoms with Crippen LogP contribution in [0.3, 0.4) is 0 Å². The molecule has 3 aromatic rings. The monoisotopic (exact) mass is 484 g/mol. The third-order valence-electron chi connectivity index (χ3n) is 5.01. The molecule has 1 atom stereocenters. The number of aryl methyl sites for hydroxylation is 1. The smallest absolute Gasteiger partial charge is 0.248 e. The highest BCUT2D eigenvalue weighted by Gasteiger charge is 2.17. The molecular formula is C25H25ClN2O4S. The third kappa shape index (κ3) is 7.05. The van der Waals surface area contributed by atoms with E-state index in [4.69, 9.17) is 25.8 Å². The molecule has 4 rings (SSSR count). The van der Waals surface area contributed by atoms with Crippen molar-refractivity contribution in [3.8, 4) is 11.5 Å². The molecule has 1 aliphatic heterocycles. The molecule has 1 N–H and O–H groups in total. The zero-order chi connectivity index (χ0) is 23.0. The van der Waals surface area contributed by atoms with Crippen LogP contribution in [-0.4, -0.2) is 30.2 Å². The zero-order valence-electron chi connectivity index (χ0n) is 18.3. The van der Waals surface area contributed by atoms with Gasteiger partial charge in [0.05, 0.1) is 22.5 Å². The number of halogens is 1. The van der Waals surface area contributed by atoms with Gasteiger partial charge in [-0.25, -0.2) is 4.98 Å². The van der Waals surface area contributed by atoms with Crippen molar-refractivity contribution in [2.24, 2.45) is 0 Å². The van der Waals surface area contributed by atoms with Gasteiger partial charge in [-0.1, -0.05) is 23.7 Å². The average molecular weight is 485 g/mol. The van der Waals surface area contributed by atoms with E-state index in [-0.39, 0.29) is 12.0 Å². The van der Waals surface area contributed by atoms with Crippen LogP contribution in [0.4, 0.5) is 5.69 Å². The molecule has 33 heavy (non-hydrogen) atoms. The Kier molecular flexibility index (Phi) is 7.99. The van der Waals surface area contributed by atoms with E-state index < -0.39 is 0 Å². The first-order valence-corrected chi connectivity index (χ1v) is 12.0. The molecule has 172 valence electrons. The van der Waals surface area contributed by atoms with E-state index in [1.807, 2.05) is 36.6 Å². The molecule has 0 saturated carbocycles. The number of hydrogen-bond acceptors (Lipinski definition) is 6. The predicted octanol–water partition coefficient (Wildman–Crippen LogP) is 5.89. The lowest BCUT2D eigenvalue weighted by Crippen LogP contribution is -2.17. The van der Waals surface area contributed by atoms with Gasteiger partial charge >= 0.3 is 0 Å². The summed E-state index contributed by atoms with van der Waals surface area (Å²) in [6.07, 6.45) is 5.31. The maximum Gasteiger partial charge on any atom is 0.248 e. The third-order valence-corrected chi connectivity index (χ3v) is 6.07. The summed E-state index contributed by atoms with van der Waals surface area (Å²) in [5.74, 6) is 1.03. The maximum atomic E-state index is 12.5. The SMILES string of the molecule is Cc1nc(COc2ccc(C=CC(=O)Nc3cc(Cl)ccc3OCC3CCCO3)cc2)cs1. The Labute approximate surface area is 202 Å². The molecule has 8 heteroatoms. The summed E-state index contributed by atoms with van der Waals surface area (Å²) in [4.78, 5) is 16.9. The quantitative estimate of drug-likeness (QED) is 0.383. The van der Waals surface area contributed by atoms with Gasteiger partial charge in [0.15, 0.2) is 0 Å². The Hall–Kier alpha value is -2.87. The number of thiazole rings is 1. The molecule has 6 nitrogen and oxygen atoms in total. The first-order chi connectivity index (χ1) is 16.0. The van der Waals surface area contributed by atoms with E-state index in [1.165, 1.54) is 6.08 Å². The van der Waals surface area contributed by atoms with Gasteiger partial charge in [-0.15, -0.1) is 11.3 Å². The van der Waals surface area contributed by atoms with Crippen molar-refractivity contribution in [2.45, 2.75) is 32.5 Å². The second-order valence-corrected chi connectivity index (χ2v) is 9.12. The van der Waals surface area contributed by atoms with Gasteiger partial charge in [-0.3, -0.25) is 4.79 Å². The van der Waals surface area contributed by atoms with E-state index in [1.54, 1.807) is 35.6 Å². The summed E-state index contributed by atoms with van der Waals surface area (Å²) >= 11 is 7.72. The summed E-state index contributed by atoms with van der Waals surface area (Å²) < 4.78 is 17.2. The highest BCUT2D eigenvalue weighted by atomic mass is 35.5. The Morgan fingerprint density at radius 1 is 1.27 bits per heavy atom. The van der Waals surface area contributed by atoms with Crippen LogP contribution in [0.25, 0.3) is 6.08 Å². The van der Waals surface area contributed by atoms with Gasteiger partial charge in [0, 0.05) is 23.1 Å². The van der Waals surface area contributed by atoms with Crippen molar-refractivity contribution < 1.29 is 19.0 Å². The van der Waals surface area contributed by atoms with Crippen molar-refractivity contribution in [1.29, 1.82) is 0 Å². The number of carbonyl (C=O) groups excluding carboxylic acids is 1. The molecule has 1 amide bonds. The Balaban J connectivity index is 1.31. The normalized spacial score (nSPS) is 15.6. The number of aromatic nitrogens is 1. The minimum Gasteiger partial charge on any atom is -0.489 e. The lowest BCUT2D eigenvalue weighted by molar-refractivity contribution is -0.111. The molecule has 1 saturated heterocycles. The predicted molar refractivity (Wildman–Crippen MR) is 131 cm³/mol. The van der Waals surface area contributed by atoms with E-state index in [0.717, 1.165) is 41.5 Å². The zero-order valence-corrected chi connectivity index (χ0v) is 19.8. The van der Waals surface area contributed by atoms with Crippen LogP contribution in [0.5, 0.6) is 11.5 Å². The Morgan fingerprint density at radius 2 is 2.12 bits per heavy atom. The molecule has 1 unspecified atom stereocenters. The summed E-state index contributed by atoms with van der Waals surface area (Å²) in [6.45, 7) is 3.61. The molecule has 0 spiro atoms. The summed E-state index contributed by atoms with van der Waals surface area (Å²) in [6, 6.07) is 12.7. The number of amides is 1. The number of carbonyl (C=O) groups is 1. The van der Waals surface area contributed by atoms with E-state index >= 15 is 0 Å². The van der Waals surface area contributed by atoms with Crippen LogP contribution in [0.2, 0.25) is 5.02 Å². The van der Waals surface area contributed by atoms with Crippen LogP contribution in [0.1, 0.15) is 29.1 Å². The van der Waals surface area contributed by atoms with Crippen LogP contribution >= 0.6 is 22.9 Å². The summed E-state index contributed by atoms with van der Waals surface area (Å²) in [7, 11) is 0. The first-order valence-electron chi connectivity index (χ1n) is 10.7. The van der Waals surface area contributed by atoms with Gasteiger partial charge in [-0.05, 0) is 61.7 Å². The number of ether oxygens (including phenoxy) is 3. The van der Waals surface area contributed by atoms with Gasteiger partial charge < -0.3 is 19.5 Å². The maximum absolute atomic E-state index is 12.5. The molecule has 2 aromatic carbocycles. The standard InChI is InChI=1S/C25H25ClN2O4S/c1-17-27-20(16-33-17)14-31-21-8-4-18(5-9-21)6-11-25(29)28-23-13-19(26)7-10-24(23)32-15-22-3-2-12-30-22/h4-11,13,16,22H,2-3,12,14-15H2,1H3,(H,28,29). The largest absolute Gasteiger partial charge is 0.489 e. The number of anilines is 1. The highest BCUT2D eigenvalue weighted by molar-refractivity contribution is 7.09. The minimum atomic E-state index is -0.279. The van der Waals surface area contributed by atoms with E-state index in [2.05, 4.69) is 10.3 Å². The van der Waals surface area contributed by atoms with Crippen molar-refractivity contribution >= 4 is 40.6 Å². The highest BCUT2D eigenvalue weighted by Crippen LogP contribution is 2.29. The molecule has 0 bridgehead atoms. The second kappa shape index (κ2) is 11.3. The summed E-state index contributed by atoms with van der Waals surface area (Å²) in [5, 5.41) is 6.37. The van der Waals surface area contributed by atoms with Gasteiger partial charge in [0.25, 0.3) is 0 Å². The fourth-order valence-electron chi connectivity index (χ4n) is 3.34. The second-order valence-electron chi connectivity index (χ2n) is 7.62. The lowest BCUT2D eigenvalue weighted by Gasteiger charge is -2.15. The number of nitrogens with one attached hydrogen (secondary N) is 1. The van der Waals surface area contributed by atoms with Crippen molar-refractivity contribution in [3.63, 3.8) is 0 Å². The van der Waals surface area contributed by atoms with Crippen molar-refractivity contribution in [2.75, 3.05) is 18.5 Å². The van der Waals surface area contributed by atoms with Gasteiger partial charge in [-0.2, -0.15) is 0 Å². The number of hydrogen-bond donors (Lipinski definition) is 1. The van der Waals surface area contributed by atoms with Gasteiger partial charge in [0.2, 0.25) is 5.91 Å². The van der Waals surface area contributed by atoms with Gasteiger partial charge in [0.1, 0.15) is 24.7 Å².